The molecule has 2 rings (SSSR count). The molecule has 5 nitrogen and oxygen atoms in total. The third-order valence-corrected chi connectivity index (χ3v) is 3.88. The SMILES string of the molecule is COCc1cc(C)nc(NN=Cc2ccc(SC)cc2)c1C#N. The van der Waals surface area contributed by atoms with E-state index in [1.165, 1.54) is 4.90 Å². The fourth-order valence-corrected chi connectivity index (χ4v) is 2.48. The number of pyridine rings is 1. The van der Waals surface area contributed by atoms with Crippen LogP contribution in [-0.4, -0.2) is 24.6 Å². The summed E-state index contributed by atoms with van der Waals surface area (Å²) in [6.45, 7) is 2.23. The zero-order valence-corrected chi connectivity index (χ0v) is 14.1. The average Bonchev–Trinajstić information content (AvgIpc) is 2.55. The van der Waals surface area contributed by atoms with E-state index < -0.39 is 0 Å². The Morgan fingerprint density at radius 3 is 2.74 bits per heavy atom. The first kappa shape index (κ1) is 17.0. The quantitative estimate of drug-likeness (QED) is 0.499. The van der Waals surface area contributed by atoms with Gasteiger partial charge in [0, 0.05) is 23.3 Å². The van der Waals surface area contributed by atoms with Crippen LogP contribution >= 0.6 is 11.8 Å². The Morgan fingerprint density at radius 2 is 2.13 bits per heavy atom. The fraction of sp³-hybridized carbons (Fsp3) is 0.235. The lowest BCUT2D eigenvalue weighted by Crippen LogP contribution is -2.03. The Kier molecular flexibility index (Phi) is 6.15. The van der Waals surface area contributed by atoms with Crippen LogP contribution in [0.2, 0.25) is 0 Å². The molecule has 1 N–H and O–H groups in total. The van der Waals surface area contributed by atoms with E-state index >= 15 is 0 Å². The fourth-order valence-electron chi connectivity index (χ4n) is 2.07. The zero-order valence-electron chi connectivity index (χ0n) is 13.3. The lowest BCUT2D eigenvalue weighted by Gasteiger charge is -2.09. The summed E-state index contributed by atoms with van der Waals surface area (Å²) >= 11 is 1.69. The number of aromatic nitrogens is 1. The van der Waals surface area contributed by atoms with Crippen molar-refractivity contribution >= 4 is 23.8 Å². The predicted octanol–water partition coefficient (Wildman–Crippen LogP) is 3.58. The van der Waals surface area contributed by atoms with Crippen LogP contribution in [0.5, 0.6) is 0 Å². The van der Waals surface area contributed by atoms with Gasteiger partial charge >= 0.3 is 0 Å². The summed E-state index contributed by atoms with van der Waals surface area (Å²) in [5, 5.41) is 13.5. The number of nitrogens with zero attached hydrogens (tertiary/aromatic N) is 3. The minimum atomic E-state index is 0.362. The predicted molar refractivity (Wildman–Crippen MR) is 93.8 cm³/mol. The molecule has 1 aromatic carbocycles. The average molecular weight is 326 g/mol. The summed E-state index contributed by atoms with van der Waals surface area (Å²) in [5.41, 5.74) is 5.88. The van der Waals surface area contributed by atoms with Crippen molar-refractivity contribution in [3.63, 3.8) is 0 Å². The molecule has 0 aliphatic rings. The van der Waals surface area contributed by atoms with Crippen LogP contribution < -0.4 is 5.43 Å². The molecule has 0 unspecified atom stereocenters. The first-order valence-corrected chi connectivity index (χ1v) is 8.23. The van der Waals surface area contributed by atoms with E-state index in [0.717, 1.165) is 16.8 Å². The molecular weight excluding hydrogens is 308 g/mol. The topological polar surface area (TPSA) is 70.3 Å². The Morgan fingerprint density at radius 1 is 1.39 bits per heavy atom. The number of nitriles is 1. The first-order valence-electron chi connectivity index (χ1n) is 7.00. The molecule has 118 valence electrons. The molecule has 0 spiro atoms. The van der Waals surface area contributed by atoms with E-state index in [1.54, 1.807) is 25.1 Å². The molecular formula is C17H18N4OS. The maximum atomic E-state index is 9.35. The van der Waals surface area contributed by atoms with Gasteiger partial charge in [0.1, 0.15) is 11.6 Å². The molecule has 0 aliphatic carbocycles. The third-order valence-electron chi connectivity index (χ3n) is 3.14. The number of rotatable bonds is 6. The second kappa shape index (κ2) is 8.32. The highest BCUT2D eigenvalue weighted by molar-refractivity contribution is 7.98. The van der Waals surface area contributed by atoms with Gasteiger partial charge in [0.2, 0.25) is 0 Å². The highest BCUT2D eigenvalue weighted by Gasteiger charge is 2.10. The molecule has 6 heteroatoms. The van der Waals surface area contributed by atoms with E-state index in [4.69, 9.17) is 4.74 Å². The van der Waals surface area contributed by atoms with Crippen LogP contribution in [0.3, 0.4) is 0 Å². The second-order valence-electron chi connectivity index (χ2n) is 4.83. The van der Waals surface area contributed by atoms with Crippen molar-refractivity contribution in [2.24, 2.45) is 5.10 Å². The molecule has 0 aliphatic heterocycles. The van der Waals surface area contributed by atoms with Gasteiger partial charge in [-0.05, 0) is 36.9 Å². The second-order valence-corrected chi connectivity index (χ2v) is 5.71. The lowest BCUT2D eigenvalue weighted by atomic mass is 10.1. The number of hydrogen-bond acceptors (Lipinski definition) is 6. The van der Waals surface area contributed by atoms with Crippen LogP contribution in [0, 0.1) is 18.3 Å². The Hall–Kier alpha value is -2.36. The van der Waals surface area contributed by atoms with Crippen molar-refractivity contribution in [1.82, 2.24) is 4.98 Å². The van der Waals surface area contributed by atoms with E-state index in [0.29, 0.717) is 18.0 Å². The van der Waals surface area contributed by atoms with Crippen LogP contribution in [0.15, 0.2) is 40.3 Å². The van der Waals surface area contributed by atoms with Gasteiger partial charge in [-0.2, -0.15) is 10.4 Å². The van der Waals surface area contributed by atoms with E-state index in [2.05, 4.69) is 21.6 Å². The standard InChI is InChI=1S/C17H18N4OS/c1-12-8-14(11-22-2)16(9-18)17(20-12)21-19-10-13-4-6-15(23-3)7-5-13/h4-8,10H,11H2,1-3H3,(H,20,21). The summed E-state index contributed by atoms with van der Waals surface area (Å²) in [5.74, 6) is 0.441. The highest BCUT2D eigenvalue weighted by atomic mass is 32.2. The number of methoxy groups -OCH3 is 1. The molecule has 0 saturated heterocycles. The number of hydrazone groups is 1. The molecule has 0 fully saturated rings. The smallest absolute Gasteiger partial charge is 0.164 e. The summed E-state index contributed by atoms with van der Waals surface area (Å²) in [7, 11) is 1.60. The summed E-state index contributed by atoms with van der Waals surface area (Å²) in [6, 6.07) is 12.1. The van der Waals surface area contributed by atoms with Crippen molar-refractivity contribution in [1.29, 1.82) is 5.26 Å². The van der Waals surface area contributed by atoms with E-state index in [1.807, 2.05) is 43.5 Å². The highest BCUT2D eigenvalue weighted by Crippen LogP contribution is 2.19. The van der Waals surface area contributed by atoms with Gasteiger partial charge in [0.15, 0.2) is 5.82 Å². The number of aryl methyl sites for hydroxylation is 1. The molecule has 23 heavy (non-hydrogen) atoms. The summed E-state index contributed by atoms with van der Waals surface area (Å²) in [4.78, 5) is 5.54. The molecule has 0 radical (unpaired) electrons. The Bertz CT molecular complexity index is 735. The van der Waals surface area contributed by atoms with Crippen molar-refractivity contribution in [2.45, 2.75) is 18.4 Å². The van der Waals surface area contributed by atoms with Crippen molar-refractivity contribution in [3.8, 4) is 6.07 Å². The van der Waals surface area contributed by atoms with Crippen LogP contribution in [0.4, 0.5) is 5.82 Å². The van der Waals surface area contributed by atoms with Crippen LogP contribution in [0.25, 0.3) is 0 Å². The van der Waals surface area contributed by atoms with E-state index in [-0.39, 0.29) is 0 Å². The summed E-state index contributed by atoms with van der Waals surface area (Å²) in [6.07, 6.45) is 3.74. The van der Waals surface area contributed by atoms with Gasteiger partial charge in [0.05, 0.1) is 12.8 Å². The third kappa shape index (κ3) is 4.55. The molecule has 1 heterocycles. The normalized spacial score (nSPS) is 10.7. The summed E-state index contributed by atoms with van der Waals surface area (Å²) < 4.78 is 5.13. The van der Waals surface area contributed by atoms with Crippen LogP contribution in [0.1, 0.15) is 22.4 Å². The lowest BCUT2D eigenvalue weighted by molar-refractivity contribution is 0.184. The van der Waals surface area contributed by atoms with Crippen molar-refractivity contribution in [2.75, 3.05) is 18.8 Å². The molecule has 0 amide bonds. The zero-order chi connectivity index (χ0) is 16.7. The number of thioether (sulfide) groups is 1. The Balaban J connectivity index is 2.18. The number of ether oxygens (including phenoxy) is 1. The maximum Gasteiger partial charge on any atom is 0.164 e. The monoisotopic (exact) mass is 326 g/mol. The largest absolute Gasteiger partial charge is 0.380 e. The minimum absolute atomic E-state index is 0.362. The van der Waals surface area contributed by atoms with Gasteiger partial charge in [-0.3, -0.25) is 5.43 Å². The van der Waals surface area contributed by atoms with Crippen molar-refractivity contribution < 1.29 is 4.74 Å². The van der Waals surface area contributed by atoms with Gasteiger partial charge < -0.3 is 4.74 Å². The maximum absolute atomic E-state index is 9.35. The van der Waals surface area contributed by atoms with Crippen LogP contribution in [-0.2, 0) is 11.3 Å². The van der Waals surface area contributed by atoms with Gasteiger partial charge in [-0.15, -0.1) is 11.8 Å². The van der Waals surface area contributed by atoms with Gasteiger partial charge in [-0.1, -0.05) is 12.1 Å². The number of anilines is 1. The number of benzene rings is 1. The molecule has 0 bridgehead atoms. The van der Waals surface area contributed by atoms with Gasteiger partial charge in [-0.25, -0.2) is 4.98 Å². The molecule has 0 atom stereocenters. The molecule has 2 aromatic rings. The Labute approximate surface area is 140 Å². The number of hydrogen-bond donors (Lipinski definition) is 1. The minimum Gasteiger partial charge on any atom is -0.380 e. The van der Waals surface area contributed by atoms with E-state index in [9.17, 15) is 5.26 Å². The van der Waals surface area contributed by atoms with Crippen molar-refractivity contribution in [3.05, 3.63) is 52.7 Å². The number of nitrogens with one attached hydrogen (secondary N) is 1. The van der Waals surface area contributed by atoms with Gasteiger partial charge in [0.25, 0.3) is 0 Å². The first-order chi connectivity index (χ1) is 11.2. The molecule has 0 saturated carbocycles. The molecule has 1 aromatic heterocycles.